The highest BCUT2D eigenvalue weighted by atomic mass is 32.1. The van der Waals surface area contributed by atoms with Gasteiger partial charge >= 0.3 is 0 Å². The predicted molar refractivity (Wildman–Crippen MR) is 238 cm³/mol. The zero-order valence-corrected chi connectivity index (χ0v) is 32.4. The Kier molecular flexibility index (Phi) is 7.79. The summed E-state index contributed by atoms with van der Waals surface area (Å²) in [7, 11) is 0. The fourth-order valence-corrected chi connectivity index (χ4v) is 9.95. The van der Waals surface area contributed by atoms with Crippen molar-refractivity contribution in [2.45, 2.75) is 27.7 Å². The zero-order chi connectivity index (χ0) is 36.5. The van der Waals surface area contributed by atoms with Crippen molar-refractivity contribution in [3.05, 3.63) is 180 Å². The van der Waals surface area contributed by atoms with Crippen molar-refractivity contribution in [2.75, 3.05) is 9.80 Å². The molecule has 2 heterocycles. The first kappa shape index (κ1) is 32.7. The largest absolute Gasteiger partial charge is 0.310 e. The van der Waals surface area contributed by atoms with E-state index in [1.807, 2.05) is 22.7 Å². The van der Waals surface area contributed by atoms with Gasteiger partial charge in [0.2, 0.25) is 0 Å². The average molecular weight is 731 g/mol. The van der Waals surface area contributed by atoms with Crippen LogP contribution in [0, 0.1) is 27.7 Å². The molecule has 2 nitrogen and oxygen atoms in total. The Balaban J connectivity index is 1.12. The van der Waals surface area contributed by atoms with Gasteiger partial charge in [0.05, 0.1) is 0 Å². The van der Waals surface area contributed by atoms with Crippen LogP contribution in [-0.2, 0) is 0 Å². The van der Waals surface area contributed by atoms with E-state index in [1.165, 1.54) is 73.4 Å². The molecule has 54 heavy (non-hydrogen) atoms. The molecule has 0 aliphatic rings. The number of nitrogens with zero attached hydrogens (tertiary/aromatic N) is 2. The molecule has 10 rings (SSSR count). The lowest BCUT2D eigenvalue weighted by Crippen LogP contribution is -2.09. The van der Waals surface area contributed by atoms with Crippen molar-refractivity contribution < 1.29 is 0 Å². The molecule has 0 saturated heterocycles. The van der Waals surface area contributed by atoms with Crippen LogP contribution < -0.4 is 9.80 Å². The van der Waals surface area contributed by atoms with Crippen molar-refractivity contribution in [2.24, 2.45) is 0 Å². The maximum Gasteiger partial charge on any atom is 0.0468 e. The second kappa shape index (κ2) is 12.9. The molecule has 0 spiro atoms. The summed E-state index contributed by atoms with van der Waals surface area (Å²) in [5, 5.41) is 7.76. The van der Waals surface area contributed by atoms with E-state index in [0.717, 1.165) is 34.1 Å². The summed E-state index contributed by atoms with van der Waals surface area (Å²) in [4.78, 5) is 4.75. The number of rotatable bonds is 6. The molecule has 0 atom stereocenters. The van der Waals surface area contributed by atoms with Crippen molar-refractivity contribution in [1.29, 1.82) is 0 Å². The molecule has 2 aromatic heterocycles. The SMILES string of the molecule is Cc1ccc(N(c2ccc(C)cc2)c2ccc3sc4cc5cc6sc7ccc(N(c8ccc(C)cc8)c8ccc(C)cc8)cc7c6cc5cc4c3c2)cc1. The molecule has 0 aliphatic carbocycles. The average Bonchev–Trinajstić information content (AvgIpc) is 3.72. The number of hydrogen-bond donors (Lipinski definition) is 0. The van der Waals surface area contributed by atoms with Crippen LogP contribution in [0.15, 0.2) is 158 Å². The Bertz CT molecular complexity index is 2710. The van der Waals surface area contributed by atoms with Crippen LogP contribution in [0.1, 0.15) is 22.3 Å². The molecule has 10 aromatic rings. The van der Waals surface area contributed by atoms with Crippen LogP contribution in [0.4, 0.5) is 34.1 Å². The summed E-state index contributed by atoms with van der Waals surface area (Å²) >= 11 is 3.77. The van der Waals surface area contributed by atoms with Gasteiger partial charge in [0, 0.05) is 74.5 Å². The van der Waals surface area contributed by atoms with Gasteiger partial charge in [-0.1, -0.05) is 70.8 Å². The molecule has 0 bridgehead atoms. The maximum absolute atomic E-state index is 2.42. The van der Waals surface area contributed by atoms with Gasteiger partial charge in [0.15, 0.2) is 0 Å². The highest BCUT2D eigenvalue weighted by molar-refractivity contribution is 7.26. The Morgan fingerprint density at radius 3 is 0.889 bits per heavy atom. The van der Waals surface area contributed by atoms with Crippen LogP contribution in [0.2, 0.25) is 0 Å². The molecule has 0 unspecified atom stereocenters. The topological polar surface area (TPSA) is 6.48 Å². The number of anilines is 6. The van der Waals surface area contributed by atoms with Crippen LogP contribution >= 0.6 is 22.7 Å². The normalized spacial score (nSPS) is 11.7. The quantitative estimate of drug-likeness (QED) is 0.168. The molecule has 4 heteroatoms. The molecule has 0 aliphatic heterocycles. The minimum atomic E-state index is 1.16. The van der Waals surface area contributed by atoms with E-state index in [-0.39, 0.29) is 0 Å². The van der Waals surface area contributed by atoms with E-state index in [0.29, 0.717) is 0 Å². The molecule has 0 N–H and O–H groups in total. The first-order valence-electron chi connectivity index (χ1n) is 18.5. The third-order valence-corrected chi connectivity index (χ3v) is 12.9. The molecule has 260 valence electrons. The number of thiophene rings is 2. The summed E-state index contributed by atoms with van der Waals surface area (Å²) in [6.07, 6.45) is 0. The predicted octanol–water partition coefficient (Wildman–Crippen LogP) is 15.7. The Morgan fingerprint density at radius 1 is 0.278 bits per heavy atom. The Morgan fingerprint density at radius 2 is 0.556 bits per heavy atom. The third-order valence-electron chi connectivity index (χ3n) is 10.7. The number of hydrogen-bond acceptors (Lipinski definition) is 4. The monoisotopic (exact) mass is 730 g/mol. The zero-order valence-electron chi connectivity index (χ0n) is 30.7. The van der Waals surface area contributed by atoms with Gasteiger partial charge in [0.25, 0.3) is 0 Å². The van der Waals surface area contributed by atoms with Crippen LogP contribution in [0.25, 0.3) is 51.1 Å². The van der Waals surface area contributed by atoms with Crippen LogP contribution in [0.3, 0.4) is 0 Å². The Hall–Kier alpha value is -5.94. The smallest absolute Gasteiger partial charge is 0.0468 e. The fraction of sp³-hybridized carbons (Fsp3) is 0.0800. The van der Waals surface area contributed by atoms with Gasteiger partial charge in [-0.15, -0.1) is 22.7 Å². The molecule has 0 radical (unpaired) electrons. The van der Waals surface area contributed by atoms with Gasteiger partial charge in [-0.2, -0.15) is 0 Å². The molecule has 8 aromatic carbocycles. The summed E-state index contributed by atoms with van der Waals surface area (Å²) < 4.78 is 5.25. The molecule has 0 saturated carbocycles. The summed E-state index contributed by atoms with van der Waals surface area (Å²) in [6.45, 7) is 8.58. The minimum Gasteiger partial charge on any atom is -0.310 e. The lowest BCUT2D eigenvalue weighted by atomic mass is 10.0. The van der Waals surface area contributed by atoms with Crippen molar-refractivity contribution in [3.8, 4) is 0 Å². The number of benzene rings is 8. The fourth-order valence-electron chi connectivity index (χ4n) is 7.72. The lowest BCUT2D eigenvalue weighted by molar-refractivity contribution is 1.27. The highest BCUT2D eigenvalue weighted by Gasteiger charge is 2.18. The van der Waals surface area contributed by atoms with E-state index in [1.54, 1.807) is 0 Å². The number of aryl methyl sites for hydroxylation is 4. The summed E-state index contributed by atoms with van der Waals surface area (Å²) in [5.41, 5.74) is 12.0. The van der Waals surface area contributed by atoms with E-state index in [9.17, 15) is 0 Å². The third kappa shape index (κ3) is 5.70. The van der Waals surface area contributed by atoms with Crippen molar-refractivity contribution >= 4 is 108 Å². The van der Waals surface area contributed by atoms with Gasteiger partial charge in [0.1, 0.15) is 0 Å². The first-order valence-corrected chi connectivity index (χ1v) is 20.1. The van der Waals surface area contributed by atoms with Gasteiger partial charge in [-0.3, -0.25) is 0 Å². The van der Waals surface area contributed by atoms with E-state index in [2.05, 4.69) is 195 Å². The number of fused-ring (bicyclic) bond motifs is 7. The summed E-state index contributed by atoms with van der Waals surface area (Å²) in [5.74, 6) is 0. The van der Waals surface area contributed by atoms with E-state index >= 15 is 0 Å². The van der Waals surface area contributed by atoms with Gasteiger partial charge in [-0.25, -0.2) is 0 Å². The Labute approximate surface area is 323 Å². The molecular formula is C50H38N2S2. The molecule has 0 fully saturated rings. The summed E-state index contributed by atoms with van der Waals surface area (Å²) in [6, 6.07) is 58.9. The first-order chi connectivity index (χ1) is 26.3. The molecule has 0 amide bonds. The lowest BCUT2D eigenvalue weighted by Gasteiger charge is -2.26. The standard InChI is InChI=1S/C50H38N2S2/c1-31-5-13-37(14-6-31)51(38-15-7-32(2)8-16-38)41-21-23-47-45(29-41)43-25-35-26-44-46-30-42(22-24-48(46)54-50(44)28-36(35)27-49(43)53-47)52(39-17-9-33(3)10-18-39)40-19-11-34(4)12-20-40/h5-30H,1-4H3. The van der Waals surface area contributed by atoms with Crippen molar-refractivity contribution in [1.82, 2.24) is 0 Å². The van der Waals surface area contributed by atoms with E-state index < -0.39 is 0 Å². The maximum atomic E-state index is 2.42. The highest BCUT2D eigenvalue weighted by Crippen LogP contribution is 2.45. The van der Waals surface area contributed by atoms with Crippen LogP contribution in [0.5, 0.6) is 0 Å². The van der Waals surface area contributed by atoms with Gasteiger partial charge < -0.3 is 9.80 Å². The van der Waals surface area contributed by atoms with Crippen LogP contribution in [-0.4, -0.2) is 0 Å². The minimum absolute atomic E-state index is 1.16. The van der Waals surface area contributed by atoms with Crippen molar-refractivity contribution in [3.63, 3.8) is 0 Å². The second-order valence-corrected chi connectivity index (χ2v) is 16.8. The second-order valence-electron chi connectivity index (χ2n) is 14.6. The van der Waals surface area contributed by atoms with Gasteiger partial charge in [-0.05, 0) is 148 Å². The van der Waals surface area contributed by atoms with E-state index in [4.69, 9.17) is 0 Å². The molecular weight excluding hydrogens is 693 g/mol.